The number of likely N-dealkylation sites (N-methyl/N-ethyl adjacent to an activating group) is 1. The molecule has 19 heavy (non-hydrogen) atoms. The van der Waals surface area contributed by atoms with Crippen molar-refractivity contribution < 1.29 is 4.74 Å². The van der Waals surface area contributed by atoms with Crippen LogP contribution in [-0.2, 0) is 0 Å². The number of ether oxygens (including phenoxy) is 1. The molecule has 1 N–H and O–H groups in total. The third-order valence-electron chi connectivity index (χ3n) is 3.58. The molecular formula is C17H29NO. The topological polar surface area (TPSA) is 21.3 Å². The summed E-state index contributed by atoms with van der Waals surface area (Å²) in [5, 5.41) is 3.60. The highest BCUT2D eigenvalue weighted by atomic mass is 16.5. The summed E-state index contributed by atoms with van der Waals surface area (Å²) in [4.78, 5) is 0. The fourth-order valence-electron chi connectivity index (χ4n) is 2.52. The second kappa shape index (κ2) is 8.21. The minimum absolute atomic E-state index is 0.514. The molecule has 0 aliphatic rings. The summed E-state index contributed by atoms with van der Waals surface area (Å²) in [5.74, 6) is 2.12. The summed E-state index contributed by atoms with van der Waals surface area (Å²) < 4.78 is 5.63. The van der Waals surface area contributed by atoms with Crippen LogP contribution >= 0.6 is 0 Å². The second-order valence-electron chi connectivity index (χ2n) is 5.53. The molecule has 0 heterocycles. The monoisotopic (exact) mass is 263 g/mol. The quantitative estimate of drug-likeness (QED) is 0.758. The molecule has 1 aromatic rings. The summed E-state index contributed by atoms with van der Waals surface area (Å²) in [5.41, 5.74) is 1.38. The summed E-state index contributed by atoms with van der Waals surface area (Å²) in [6.45, 7) is 13.0. The van der Waals surface area contributed by atoms with E-state index in [9.17, 15) is 0 Å². The predicted molar refractivity (Wildman–Crippen MR) is 82.9 cm³/mol. The Bertz CT molecular complexity index is 345. The SMILES string of the molecule is CCCOc1ccc(C(C)C(NCC)C(C)C)cc1. The van der Waals surface area contributed by atoms with Gasteiger partial charge in [-0.25, -0.2) is 0 Å². The first-order valence-corrected chi connectivity index (χ1v) is 7.56. The van der Waals surface area contributed by atoms with E-state index < -0.39 is 0 Å². The van der Waals surface area contributed by atoms with E-state index in [0.717, 1.165) is 25.3 Å². The Hall–Kier alpha value is -1.02. The van der Waals surface area contributed by atoms with E-state index in [1.165, 1.54) is 5.56 Å². The van der Waals surface area contributed by atoms with Gasteiger partial charge in [-0.3, -0.25) is 0 Å². The van der Waals surface area contributed by atoms with E-state index in [1.54, 1.807) is 0 Å². The Morgan fingerprint density at radius 1 is 1.05 bits per heavy atom. The largest absolute Gasteiger partial charge is 0.494 e. The molecule has 2 nitrogen and oxygen atoms in total. The molecule has 2 unspecified atom stereocenters. The van der Waals surface area contributed by atoms with Crippen molar-refractivity contribution in [1.82, 2.24) is 5.32 Å². The Morgan fingerprint density at radius 3 is 2.16 bits per heavy atom. The fraction of sp³-hybridized carbons (Fsp3) is 0.647. The molecule has 0 aromatic heterocycles. The molecule has 0 amide bonds. The molecule has 0 saturated carbocycles. The molecule has 2 atom stereocenters. The lowest BCUT2D eigenvalue weighted by Gasteiger charge is -2.28. The Balaban J connectivity index is 2.72. The van der Waals surface area contributed by atoms with Gasteiger partial charge in [-0.2, -0.15) is 0 Å². The lowest BCUT2D eigenvalue weighted by molar-refractivity contribution is 0.317. The van der Waals surface area contributed by atoms with Gasteiger partial charge >= 0.3 is 0 Å². The molecule has 0 aliphatic carbocycles. The van der Waals surface area contributed by atoms with Crippen LogP contribution < -0.4 is 10.1 Å². The predicted octanol–water partition coefficient (Wildman–Crippen LogP) is 4.21. The van der Waals surface area contributed by atoms with Gasteiger partial charge in [0, 0.05) is 6.04 Å². The van der Waals surface area contributed by atoms with Crippen molar-refractivity contribution in [2.24, 2.45) is 5.92 Å². The molecule has 0 bridgehead atoms. The van der Waals surface area contributed by atoms with E-state index in [2.05, 4.69) is 64.2 Å². The van der Waals surface area contributed by atoms with Crippen LogP contribution in [0.5, 0.6) is 5.75 Å². The van der Waals surface area contributed by atoms with Crippen molar-refractivity contribution in [2.45, 2.75) is 53.0 Å². The zero-order valence-corrected chi connectivity index (χ0v) is 13.1. The first-order chi connectivity index (χ1) is 9.10. The average Bonchev–Trinajstić information content (AvgIpc) is 2.42. The Labute approximate surface area is 118 Å². The molecule has 0 aliphatic heterocycles. The van der Waals surface area contributed by atoms with Gasteiger partial charge in [-0.05, 0) is 42.5 Å². The van der Waals surface area contributed by atoms with Gasteiger partial charge < -0.3 is 10.1 Å². The van der Waals surface area contributed by atoms with Gasteiger partial charge in [0.2, 0.25) is 0 Å². The van der Waals surface area contributed by atoms with Crippen molar-refractivity contribution in [3.05, 3.63) is 29.8 Å². The highest BCUT2D eigenvalue weighted by Crippen LogP contribution is 2.25. The lowest BCUT2D eigenvalue weighted by atomic mass is 9.86. The summed E-state index contributed by atoms with van der Waals surface area (Å²) in [6.07, 6.45) is 1.05. The molecule has 1 rings (SSSR count). The van der Waals surface area contributed by atoms with Crippen LogP contribution in [0.3, 0.4) is 0 Å². The summed E-state index contributed by atoms with van der Waals surface area (Å²) in [6, 6.07) is 9.09. The van der Waals surface area contributed by atoms with E-state index >= 15 is 0 Å². The zero-order valence-electron chi connectivity index (χ0n) is 13.1. The third kappa shape index (κ3) is 4.87. The van der Waals surface area contributed by atoms with Crippen molar-refractivity contribution in [2.75, 3.05) is 13.2 Å². The van der Waals surface area contributed by atoms with Crippen LogP contribution in [0.1, 0.15) is 52.5 Å². The Morgan fingerprint density at radius 2 is 1.68 bits per heavy atom. The first-order valence-electron chi connectivity index (χ1n) is 7.56. The number of nitrogens with one attached hydrogen (secondary N) is 1. The third-order valence-corrected chi connectivity index (χ3v) is 3.58. The van der Waals surface area contributed by atoms with Crippen molar-refractivity contribution in [3.8, 4) is 5.75 Å². The van der Waals surface area contributed by atoms with Gasteiger partial charge in [0.25, 0.3) is 0 Å². The highest BCUT2D eigenvalue weighted by molar-refractivity contribution is 5.30. The molecule has 108 valence electrons. The van der Waals surface area contributed by atoms with Gasteiger partial charge in [-0.15, -0.1) is 0 Å². The number of hydrogen-bond donors (Lipinski definition) is 1. The second-order valence-corrected chi connectivity index (χ2v) is 5.53. The fourth-order valence-corrected chi connectivity index (χ4v) is 2.52. The first kappa shape index (κ1) is 16.0. The normalized spacial score (nSPS) is 14.4. The van der Waals surface area contributed by atoms with Gasteiger partial charge in [-0.1, -0.05) is 46.8 Å². The summed E-state index contributed by atoms with van der Waals surface area (Å²) in [7, 11) is 0. The standard InChI is InChI=1S/C17H29NO/c1-6-12-19-16-10-8-15(9-11-16)14(5)17(13(3)4)18-7-2/h8-11,13-14,17-18H,6-7,12H2,1-5H3. The Kier molecular flexibility index (Phi) is 6.93. The van der Waals surface area contributed by atoms with Crippen LogP contribution in [-0.4, -0.2) is 19.2 Å². The van der Waals surface area contributed by atoms with Crippen molar-refractivity contribution >= 4 is 0 Å². The van der Waals surface area contributed by atoms with E-state index in [4.69, 9.17) is 4.74 Å². The molecular weight excluding hydrogens is 234 g/mol. The van der Waals surface area contributed by atoms with Crippen LogP contribution in [0, 0.1) is 5.92 Å². The maximum atomic E-state index is 5.63. The maximum Gasteiger partial charge on any atom is 0.119 e. The van der Waals surface area contributed by atoms with Crippen LogP contribution in [0.25, 0.3) is 0 Å². The lowest BCUT2D eigenvalue weighted by Crippen LogP contribution is -2.38. The van der Waals surface area contributed by atoms with E-state index in [1.807, 2.05) is 0 Å². The molecule has 2 heteroatoms. The minimum Gasteiger partial charge on any atom is -0.494 e. The van der Waals surface area contributed by atoms with Gasteiger partial charge in [0.15, 0.2) is 0 Å². The maximum absolute atomic E-state index is 5.63. The molecule has 0 spiro atoms. The van der Waals surface area contributed by atoms with Crippen molar-refractivity contribution in [1.29, 1.82) is 0 Å². The van der Waals surface area contributed by atoms with Crippen LogP contribution in [0.15, 0.2) is 24.3 Å². The van der Waals surface area contributed by atoms with Crippen molar-refractivity contribution in [3.63, 3.8) is 0 Å². The number of benzene rings is 1. The molecule has 0 radical (unpaired) electrons. The van der Waals surface area contributed by atoms with Crippen LogP contribution in [0.4, 0.5) is 0 Å². The number of hydrogen-bond acceptors (Lipinski definition) is 2. The average molecular weight is 263 g/mol. The highest BCUT2D eigenvalue weighted by Gasteiger charge is 2.21. The smallest absolute Gasteiger partial charge is 0.119 e. The van der Waals surface area contributed by atoms with E-state index in [-0.39, 0.29) is 0 Å². The van der Waals surface area contributed by atoms with Gasteiger partial charge in [0.05, 0.1) is 6.61 Å². The molecule has 0 saturated heterocycles. The number of rotatable bonds is 8. The van der Waals surface area contributed by atoms with Crippen LogP contribution in [0.2, 0.25) is 0 Å². The van der Waals surface area contributed by atoms with E-state index in [0.29, 0.717) is 17.9 Å². The molecule has 1 aromatic carbocycles. The minimum atomic E-state index is 0.514. The van der Waals surface area contributed by atoms with Gasteiger partial charge in [0.1, 0.15) is 5.75 Å². The summed E-state index contributed by atoms with van der Waals surface area (Å²) >= 11 is 0. The molecule has 0 fully saturated rings. The zero-order chi connectivity index (χ0) is 14.3.